The van der Waals surface area contributed by atoms with E-state index in [0.717, 1.165) is 57.7 Å². The van der Waals surface area contributed by atoms with Crippen LogP contribution >= 0.6 is 0 Å². The zero-order valence-corrected chi connectivity index (χ0v) is 18.7. The van der Waals surface area contributed by atoms with E-state index >= 15 is 4.39 Å². The lowest BCUT2D eigenvalue weighted by molar-refractivity contribution is -0.202. The Labute approximate surface area is 180 Å². The molecule has 0 bridgehead atoms. The molecule has 0 radical (unpaired) electrons. The summed E-state index contributed by atoms with van der Waals surface area (Å²) in [6.45, 7) is 5.58. The number of carbonyl (C=O) groups is 1. The predicted molar refractivity (Wildman–Crippen MR) is 113 cm³/mol. The van der Waals surface area contributed by atoms with Gasteiger partial charge in [0, 0.05) is 25.4 Å². The summed E-state index contributed by atoms with van der Waals surface area (Å²) in [5.74, 6) is -0.292. The molecule has 0 aromatic carbocycles. The molecule has 3 rings (SSSR count). The van der Waals surface area contributed by atoms with Crippen molar-refractivity contribution < 1.29 is 28.1 Å². The van der Waals surface area contributed by atoms with Crippen molar-refractivity contribution in [3.8, 4) is 0 Å². The molecule has 172 valence electrons. The van der Waals surface area contributed by atoms with Gasteiger partial charge in [-0.2, -0.15) is 0 Å². The minimum absolute atomic E-state index is 0.106. The van der Waals surface area contributed by atoms with Crippen molar-refractivity contribution in [3.63, 3.8) is 0 Å². The second-order valence-electron chi connectivity index (χ2n) is 9.18. The van der Waals surface area contributed by atoms with E-state index in [4.69, 9.17) is 18.9 Å². The third-order valence-electron chi connectivity index (χ3n) is 6.86. The molecule has 2 heterocycles. The number of carbonyl (C=O) groups excluding carboxylic acids is 1. The van der Waals surface area contributed by atoms with Crippen LogP contribution in [-0.2, 0) is 23.7 Å². The molecule has 5 unspecified atom stereocenters. The molecular formula is C24H39FO5. The number of rotatable bonds is 11. The summed E-state index contributed by atoms with van der Waals surface area (Å²) in [5, 5.41) is 0. The predicted octanol–water partition coefficient (Wildman–Crippen LogP) is 5.12. The van der Waals surface area contributed by atoms with Gasteiger partial charge in [-0.05, 0) is 51.4 Å². The molecule has 0 amide bonds. The molecule has 1 spiro atoms. The van der Waals surface area contributed by atoms with Crippen molar-refractivity contribution in [1.29, 1.82) is 0 Å². The Kier molecular flexibility index (Phi) is 8.87. The Morgan fingerprint density at radius 1 is 1.23 bits per heavy atom. The second-order valence-corrected chi connectivity index (χ2v) is 9.18. The van der Waals surface area contributed by atoms with Crippen LogP contribution in [0.3, 0.4) is 0 Å². The molecule has 3 aliphatic rings. The van der Waals surface area contributed by atoms with Crippen LogP contribution in [0.15, 0.2) is 12.2 Å². The molecule has 0 N–H and O–H groups in total. The van der Waals surface area contributed by atoms with Crippen molar-refractivity contribution in [2.24, 2.45) is 11.8 Å². The first-order valence-corrected chi connectivity index (χ1v) is 11.9. The van der Waals surface area contributed by atoms with Crippen LogP contribution in [0.4, 0.5) is 4.39 Å². The highest BCUT2D eigenvalue weighted by molar-refractivity contribution is 5.49. The van der Waals surface area contributed by atoms with Gasteiger partial charge in [0.15, 0.2) is 12.1 Å². The molecule has 2 saturated heterocycles. The molecule has 6 heteroatoms. The molecule has 1 aliphatic carbocycles. The molecule has 2 aliphatic heterocycles. The van der Waals surface area contributed by atoms with E-state index in [2.05, 4.69) is 13.0 Å². The van der Waals surface area contributed by atoms with E-state index in [0.29, 0.717) is 32.7 Å². The largest absolute Gasteiger partial charge is 0.353 e. The van der Waals surface area contributed by atoms with Crippen LogP contribution in [0.1, 0.15) is 78.1 Å². The Morgan fingerprint density at radius 2 is 2.03 bits per heavy atom. The lowest BCUT2D eigenvalue weighted by Gasteiger charge is -2.34. The van der Waals surface area contributed by atoms with Gasteiger partial charge in [0.25, 0.3) is 0 Å². The molecule has 3 fully saturated rings. The third kappa shape index (κ3) is 5.90. The van der Waals surface area contributed by atoms with Gasteiger partial charge >= 0.3 is 0 Å². The maximum atomic E-state index is 15.6. The van der Waals surface area contributed by atoms with E-state index in [1.54, 1.807) is 6.92 Å². The van der Waals surface area contributed by atoms with Crippen LogP contribution in [0.2, 0.25) is 0 Å². The summed E-state index contributed by atoms with van der Waals surface area (Å²) >= 11 is 0. The van der Waals surface area contributed by atoms with Crippen LogP contribution in [0.25, 0.3) is 0 Å². The van der Waals surface area contributed by atoms with Crippen LogP contribution < -0.4 is 0 Å². The zero-order chi connectivity index (χ0) is 21.5. The topological polar surface area (TPSA) is 54.0 Å². The van der Waals surface area contributed by atoms with E-state index < -0.39 is 17.6 Å². The van der Waals surface area contributed by atoms with E-state index in [1.807, 2.05) is 6.08 Å². The van der Waals surface area contributed by atoms with Gasteiger partial charge in [0.1, 0.15) is 18.1 Å². The van der Waals surface area contributed by atoms with E-state index in [-0.39, 0.29) is 18.1 Å². The normalized spacial score (nSPS) is 31.9. The van der Waals surface area contributed by atoms with E-state index in [9.17, 15) is 4.79 Å². The van der Waals surface area contributed by atoms with Crippen molar-refractivity contribution in [3.05, 3.63) is 12.2 Å². The van der Waals surface area contributed by atoms with Gasteiger partial charge in [-0.1, -0.05) is 31.9 Å². The van der Waals surface area contributed by atoms with Gasteiger partial charge in [-0.3, -0.25) is 0 Å². The minimum atomic E-state index is -1.46. The van der Waals surface area contributed by atoms with Crippen LogP contribution in [0.5, 0.6) is 0 Å². The number of unbranched alkanes of at least 4 members (excludes halogenated alkanes) is 1. The average Bonchev–Trinajstić information content (AvgIpc) is 3.36. The zero-order valence-electron chi connectivity index (χ0n) is 18.7. The maximum absolute atomic E-state index is 15.6. The van der Waals surface area contributed by atoms with Crippen molar-refractivity contribution in [1.82, 2.24) is 0 Å². The molecule has 0 aromatic rings. The Morgan fingerprint density at radius 3 is 2.70 bits per heavy atom. The summed E-state index contributed by atoms with van der Waals surface area (Å²) < 4.78 is 39.5. The number of hydrogen-bond donors (Lipinski definition) is 0. The molecule has 1 saturated carbocycles. The standard InChI is InChI=1S/C24H39FO5/c1-3-4-13-23(2,25)21(30-22-9-5-6-16-27-22)11-10-19-12-14-24(28-17-18-29-24)20(19)8-7-15-26/h10-11,15,19-22H,3-9,12-14,16-18H2,1-2H3. The van der Waals surface area contributed by atoms with Gasteiger partial charge in [-0.15, -0.1) is 0 Å². The molecule has 30 heavy (non-hydrogen) atoms. The first kappa shape index (κ1) is 23.8. The highest BCUT2D eigenvalue weighted by atomic mass is 19.1. The first-order valence-electron chi connectivity index (χ1n) is 11.9. The van der Waals surface area contributed by atoms with Gasteiger partial charge in [-0.25, -0.2) is 4.39 Å². The molecule has 5 nitrogen and oxygen atoms in total. The lowest BCUT2D eigenvalue weighted by Crippen LogP contribution is -2.40. The van der Waals surface area contributed by atoms with Crippen molar-refractivity contribution >= 4 is 6.29 Å². The fourth-order valence-electron chi connectivity index (χ4n) is 5.10. The smallest absolute Gasteiger partial charge is 0.171 e. The molecule has 5 atom stereocenters. The van der Waals surface area contributed by atoms with Crippen molar-refractivity contribution in [2.75, 3.05) is 19.8 Å². The Balaban J connectivity index is 1.73. The number of alkyl halides is 1. The summed E-state index contributed by atoms with van der Waals surface area (Å²) in [6, 6.07) is 0. The first-order chi connectivity index (χ1) is 14.5. The van der Waals surface area contributed by atoms with Gasteiger partial charge < -0.3 is 23.7 Å². The number of aldehydes is 1. The van der Waals surface area contributed by atoms with Crippen LogP contribution in [0, 0.1) is 11.8 Å². The van der Waals surface area contributed by atoms with Gasteiger partial charge in [0.2, 0.25) is 0 Å². The summed E-state index contributed by atoms with van der Waals surface area (Å²) in [6.07, 6.45) is 12.0. The van der Waals surface area contributed by atoms with E-state index in [1.165, 1.54) is 0 Å². The van der Waals surface area contributed by atoms with Crippen molar-refractivity contribution in [2.45, 2.75) is 102 Å². The summed E-state index contributed by atoms with van der Waals surface area (Å²) in [4.78, 5) is 11.0. The second kappa shape index (κ2) is 11.2. The maximum Gasteiger partial charge on any atom is 0.171 e. The summed E-state index contributed by atoms with van der Waals surface area (Å²) in [5.41, 5.74) is -1.46. The average molecular weight is 427 g/mol. The lowest BCUT2D eigenvalue weighted by atomic mass is 9.86. The van der Waals surface area contributed by atoms with Gasteiger partial charge in [0.05, 0.1) is 13.2 Å². The minimum Gasteiger partial charge on any atom is -0.353 e. The summed E-state index contributed by atoms with van der Waals surface area (Å²) in [7, 11) is 0. The SMILES string of the molecule is CCCCC(C)(F)C(C=CC1CCC2(OCCO2)C1CCC=O)OC1CCCCO1. The Hall–Kier alpha value is -0.820. The van der Waals surface area contributed by atoms with Crippen LogP contribution in [-0.4, -0.2) is 50.0 Å². The highest BCUT2D eigenvalue weighted by Crippen LogP contribution is 2.48. The molecular weight excluding hydrogens is 387 g/mol. The monoisotopic (exact) mass is 426 g/mol. The molecule has 0 aromatic heterocycles. The number of halogens is 1. The number of hydrogen-bond acceptors (Lipinski definition) is 5. The quantitative estimate of drug-likeness (QED) is 0.339. The third-order valence-corrected chi connectivity index (χ3v) is 6.86. The Bertz CT molecular complexity index is 552. The number of ether oxygens (including phenoxy) is 4. The highest BCUT2D eigenvalue weighted by Gasteiger charge is 2.51. The fraction of sp³-hybridized carbons (Fsp3) is 0.875. The fourth-order valence-corrected chi connectivity index (χ4v) is 5.10. The number of allylic oxidation sites excluding steroid dienone is 1.